The minimum Gasteiger partial charge on any atom is -0.467 e. The van der Waals surface area contributed by atoms with Gasteiger partial charge in [0.25, 0.3) is 0 Å². The van der Waals surface area contributed by atoms with Crippen LogP contribution in [-0.2, 0) is 21.6 Å². The Morgan fingerprint density at radius 1 is 1.45 bits per heavy atom. The first-order valence-electron chi connectivity index (χ1n) is 6.56. The third-order valence-electron chi connectivity index (χ3n) is 3.76. The van der Waals surface area contributed by atoms with Gasteiger partial charge in [-0.3, -0.25) is 0 Å². The number of benzene rings is 1. The van der Waals surface area contributed by atoms with Crippen molar-refractivity contribution in [3.8, 4) is 0 Å². The Kier molecular flexibility index (Phi) is 4.32. The van der Waals surface area contributed by atoms with E-state index in [1.807, 2.05) is 0 Å². The summed E-state index contributed by atoms with van der Waals surface area (Å²) in [5.41, 5.74) is -3.14. The number of methoxy groups -OCH3 is 1. The van der Waals surface area contributed by atoms with Gasteiger partial charge in [-0.15, -0.1) is 0 Å². The Balaban J connectivity index is 2.33. The van der Waals surface area contributed by atoms with Crippen LogP contribution in [0.15, 0.2) is 18.2 Å². The molecular formula is C14H15F4NO3. The van der Waals surface area contributed by atoms with Gasteiger partial charge in [0.05, 0.1) is 7.11 Å². The van der Waals surface area contributed by atoms with E-state index in [1.54, 1.807) is 0 Å². The zero-order chi connectivity index (χ0) is 16.5. The molecule has 2 unspecified atom stereocenters. The van der Waals surface area contributed by atoms with E-state index in [4.69, 9.17) is 0 Å². The molecular weight excluding hydrogens is 306 g/mol. The minimum absolute atomic E-state index is 0.316. The highest BCUT2D eigenvalue weighted by atomic mass is 19.4. The first-order chi connectivity index (χ1) is 10.2. The summed E-state index contributed by atoms with van der Waals surface area (Å²) in [7, 11) is 1.24. The molecule has 22 heavy (non-hydrogen) atoms. The van der Waals surface area contributed by atoms with Crippen LogP contribution in [0.2, 0.25) is 0 Å². The lowest BCUT2D eigenvalue weighted by Crippen LogP contribution is -2.44. The molecule has 0 spiro atoms. The van der Waals surface area contributed by atoms with Crippen molar-refractivity contribution in [1.29, 1.82) is 0 Å². The van der Waals surface area contributed by atoms with E-state index in [0.717, 1.165) is 12.1 Å². The van der Waals surface area contributed by atoms with Crippen LogP contribution in [-0.4, -0.2) is 37.1 Å². The lowest BCUT2D eigenvalue weighted by atomic mass is 9.89. The van der Waals surface area contributed by atoms with Crippen LogP contribution in [0.3, 0.4) is 0 Å². The number of nitrogens with one attached hydrogen (secondary N) is 1. The number of ether oxygens (including phenoxy) is 1. The Bertz CT molecular complexity index is 576. The van der Waals surface area contributed by atoms with Crippen molar-refractivity contribution in [2.75, 3.05) is 19.1 Å². The zero-order valence-electron chi connectivity index (χ0n) is 11.7. The van der Waals surface area contributed by atoms with E-state index in [-0.39, 0.29) is 0 Å². The van der Waals surface area contributed by atoms with Gasteiger partial charge in [-0.25, -0.2) is 9.18 Å². The molecule has 0 fully saturated rings. The SMILES string of the molecule is COC(=O)C1CCc2cc(C(O)(CF)C(F)(F)F)ccc2N1. The third kappa shape index (κ3) is 2.75. The average molecular weight is 321 g/mol. The Morgan fingerprint density at radius 3 is 2.68 bits per heavy atom. The van der Waals surface area contributed by atoms with Crippen molar-refractivity contribution in [2.24, 2.45) is 0 Å². The van der Waals surface area contributed by atoms with Crippen LogP contribution in [0.5, 0.6) is 0 Å². The molecule has 0 radical (unpaired) electrons. The van der Waals surface area contributed by atoms with Crippen LogP contribution in [0, 0.1) is 0 Å². The molecule has 4 nitrogen and oxygen atoms in total. The fraction of sp³-hybridized carbons (Fsp3) is 0.500. The van der Waals surface area contributed by atoms with E-state index in [0.29, 0.717) is 24.1 Å². The predicted octanol–water partition coefficient (Wildman–Crippen LogP) is 2.31. The number of halogens is 4. The summed E-state index contributed by atoms with van der Waals surface area (Å²) >= 11 is 0. The number of rotatable bonds is 3. The molecule has 2 rings (SSSR count). The summed E-state index contributed by atoms with van der Waals surface area (Å²) in [6.45, 7) is -1.96. The molecule has 122 valence electrons. The first kappa shape index (κ1) is 16.5. The van der Waals surface area contributed by atoms with E-state index in [1.165, 1.54) is 13.2 Å². The maximum Gasteiger partial charge on any atom is 0.424 e. The smallest absolute Gasteiger partial charge is 0.424 e. The Morgan fingerprint density at radius 2 is 2.14 bits per heavy atom. The number of carbonyl (C=O) groups is 1. The van der Waals surface area contributed by atoms with Crippen molar-refractivity contribution in [3.63, 3.8) is 0 Å². The summed E-state index contributed by atoms with van der Waals surface area (Å²) in [5.74, 6) is -0.467. The molecule has 0 saturated carbocycles. The third-order valence-corrected chi connectivity index (χ3v) is 3.76. The molecule has 0 aliphatic carbocycles. The lowest BCUT2D eigenvalue weighted by molar-refractivity contribution is -0.271. The maximum absolute atomic E-state index is 12.9. The Hall–Kier alpha value is -1.83. The average Bonchev–Trinajstić information content (AvgIpc) is 2.51. The molecule has 1 heterocycles. The molecule has 1 aliphatic heterocycles. The van der Waals surface area contributed by atoms with Gasteiger partial charge >= 0.3 is 12.1 Å². The van der Waals surface area contributed by atoms with E-state index in [2.05, 4.69) is 10.1 Å². The van der Waals surface area contributed by atoms with E-state index < -0.39 is 36.0 Å². The number of fused-ring (bicyclic) bond motifs is 1. The van der Waals surface area contributed by atoms with E-state index >= 15 is 0 Å². The monoisotopic (exact) mass is 321 g/mol. The van der Waals surface area contributed by atoms with Gasteiger partial charge in [-0.2, -0.15) is 13.2 Å². The Labute approximate surface area is 124 Å². The van der Waals surface area contributed by atoms with Crippen molar-refractivity contribution in [1.82, 2.24) is 0 Å². The van der Waals surface area contributed by atoms with Gasteiger partial charge < -0.3 is 15.2 Å². The summed E-state index contributed by atoms with van der Waals surface area (Å²) in [4.78, 5) is 11.5. The molecule has 1 aromatic rings. The van der Waals surface area contributed by atoms with Gasteiger partial charge in [-0.1, -0.05) is 12.1 Å². The van der Waals surface area contributed by atoms with Gasteiger partial charge in [0.2, 0.25) is 5.60 Å². The fourth-order valence-electron chi connectivity index (χ4n) is 2.39. The maximum atomic E-state index is 12.9. The van der Waals surface area contributed by atoms with Gasteiger partial charge in [0, 0.05) is 5.69 Å². The second-order valence-corrected chi connectivity index (χ2v) is 5.12. The second-order valence-electron chi connectivity index (χ2n) is 5.12. The number of esters is 1. The molecule has 0 bridgehead atoms. The number of aliphatic hydroxyl groups is 1. The highest BCUT2D eigenvalue weighted by molar-refractivity contribution is 5.80. The van der Waals surface area contributed by atoms with Crippen molar-refractivity contribution in [3.05, 3.63) is 29.3 Å². The van der Waals surface area contributed by atoms with Crippen molar-refractivity contribution >= 4 is 11.7 Å². The molecule has 2 N–H and O–H groups in total. The quantitative estimate of drug-likeness (QED) is 0.662. The zero-order valence-corrected chi connectivity index (χ0v) is 11.7. The van der Waals surface area contributed by atoms with Crippen LogP contribution in [0.25, 0.3) is 0 Å². The standard InChI is InChI=1S/C14H15F4NO3/c1-22-12(20)11-4-2-8-6-9(3-5-10(8)19-11)13(21,7-15)14(16,17)18/h3,5-6,11,19,21H,2,4,7H2,1H3. The lowest BCUT2D eigenvalue weighted by Gasteiger charge is -2.30. The van der Waals surface area contributed by atoms with Crippen LogP contribution in [0.1, 0.15) is 17.5 Å². The van der Waals surface area contributed by atoms with Gasteiger partial charge in [-0.05, 0) is 30.0 Å². The molecule has 0 aromatic heterocycles. The van der Waals surface area contributed by atoms with Crippen LogP contribution < -0.4 is 5.32 Å². The molecule has 1 aromatic carbocycles. The van der Waals surface area contributed by atoms with E-state index in [9.17, 15) is 27.5 Å². The number of hydrogen-bond donors (Lipinski definition) is 2. The first-order valence-corrected chi connectivity index (χ1v) is 6.56. The minimum atomic E-state index is -5.12. The molecule has 8 heteroatoms. The van der Waals surface area contributed by atoms with Crippen LogP contribution in [0.4, 0.5) is 23.2 Å². The summed E-state index contributed by atoms with van der Waals surface area (Å²) in [6, 6.07) is 2.83. The number of aryl methyl sites for hydroxylation is 1. The van der Waals surface area contributed by atoms with Crippen molar-refractivity contribution in [2.45, 2.75) is 30.7 Å². The predicted molar refractivity (Wildman–Crippen MR) is 70.1 cm³/mol. The van der Waals surface area contributed by atoms with Crippen LogP contribution >= 0.6 is 0 Å². The normalized spacial score (nSPS) is 20.5. The van der Waals surface area contributed by atoms with Gasteiger partial charge in [0.15, 0.2) is 0 Å². The highest BCUT2D eigenvalue weighted by Gasteiger charge is 2.55. The topological polar surface area (TPSA) is 58.6 Å². The van der Waals surface area contributed by atoms with Crippen molar-refractivity contribution < 1.29 is 32.2 Å². The molecule has 0 amide bonds. The largest absolute Gasteiger partial charge is 0.467 e. The summed E-state index contributed by atoms with van der Waals surface area (Å²) < 4.78 is 56.0. The number of anilines is 1. The fourth-order valence-corrected chi connectivity index (χ4v) is 2.39. The second kappa shape index (κ2) is 5.75. The number of hydrogen-bond acceptors (Lipinski definition) is 4. The summed E-state index contributed by atoms with van der Waals surface area (Å²) in [6.07, 6.45) is -4.47. The molecule has 1 aliphatic rings. The summed E-state index contributed by atoms with van der Waals surface area (Å²) in [5, 5.41) is 12.5. The number of carbonyl (C=O) groups excluding carboxylic acids is 1. The number of alkyl halides is 4. The molecule has 0 saturated heterocycles. The highest BCUT2D eigenvalue weighted by Crippen LogP contribution is 2.41. The van der Waals surface area contributed by atoms with Gasteiger partial charge in [0.1, 0.15) is 12.7 Å². The molecule has 2 atom stereocenters.